The minimum absolute atomic E-state index is 0.114. The summed E-state index contributed by atoms with van der Waals surface area (Å²) in [5, 5.41) is 3.37. The first kappa shape index (κ1) is 12.7. The van der Waals surface area contributed by atoms with Crippen molar-refractivity contribution < 1.29 is 4.79 Å². The van der Waals surface area contributed by atoms with Crippen molar-refractivity contribution in [3.05, 3.63) is 35.4 Å². The van der Waals surface area contributed by atoms with E-state index in [9.17, 15) is 4.79 Å². The van der Waals surface area contributed by atoms with Gasteiger partial charge >= 0.3 is 0 Å². The molecule has 19 heavy (non-hydrogen) atoms. The lowest BCUT2D eigenvalue weighted by atomic mass is 9.76. The van der Waals surface area contributed by atoms with Gasteiger partial charge in [-0.3, -0.25) is 4.79 Å². The molecule has 1 saturated heterocycles. The third-order valence-electron chi connectivity index (χ3n) is 4.38. The summed E-state index contributed by atoms with van der Waals surface area (Å²) in [6.07, 6.45) is 3.06. The van der Waals surface area contributed by atoms with Gasteiger partial charge in [-0.15, -0.1) is 0 Å². The number of nitrogens with one attached hydrogen (secondary N) is 1. The second-order valence-electron chi connectivity index (χ2n) is 5.63. The van der Waals surface area contributed by atoms with Crippen LogP contribution in [0.5, 0.6) is 0 Å². The van der Waals surface area contributed by atoms with Crippen LogP contribution >= 0.6 is 0 Å². The molecule has 1 aromatic rings. The highest BCUT2D eigenvalue weighted by Crippen LogP contribution is 2.36. The Kier molecular flexibility index (Phi) is 3.56. The molecule has 3 rings (SSSR count). The molecule has 2 unspecified atom stereocenters. The van der Waals surface area contributed by atoms with Crippen LogP contribution in [0.4, 0.5) is 0 Å². The molecule has 3 heteroatoms. The molecule has 0 bridgehead atoms. The fourth-order valence-corrected chi connectivity index (χ4v) is 3.30. The lowest BCUT2D eigenvalue weighted by Gasteiger charge is -2.36. The summed E-state index contributed by atoms with van der Waals surface area (Å²) in [5.74, 6) is 0.456. The number of carbonyl (C=O) groups excluding carboxylic acids is 1. The van der Waals surface area contributed by atoms with Crippen LogP contribution in [0.2, 0.25) is 0 Å². The number of hydrogen-bond acceptors (Lipinski definition) is 2. The van der Waals surface area contributed by atoms with Crippen molar-refractivity contribution in [1.82, 2.24) is 10.2 Å². The molecule has 102 valence electrons. The number of benzene rings is 1. The largest absolute Gasteiger partial charge is 0.338 e. The van der Waals surface area contributed by atoms with Crippen molar-refractivity contribution in [3.63, 3.8) is 0 Å². The topological polar surface area (TPSA) is 32.3 Å². The molecule has 0 saturated carbocycles. The standard InChI is InChI=1S/C16H22N2O/c1-2-9-18(13-7-8-17-11-13)16(19)15-10-12-5-3-4-6-14(12)15/h3-6,13,15,17H,2,7-11H2,1H3. The molecular formula is C16H22N2O. The zero-order chi connectivity index (χ0) is 13.2. The highest BCUT2D eigenvalue weighted by molar-refractivity contribution is 5.87. The average molecular weight is 258 g/mol. The van der Waals surface area contributed by atoms with E-state index in [-0.39, 0.29) is 5.92 Å². The molecule has 1 N–H and O–H groups in total. The van der Waals surface area contributed by atoms with Gasteiger partial charge in [-0.25, -0.2) is 0 Å². The predicted molar refractivity (Wildman–Crippen MR) is 76.2 cm³/mol. The number of fused-ring (bicyclic) bond motifs is 1. The van der Waals surface area contributed by atoms with E-state index in [0.29, 0.717) is 11.9 Å². The Hall–Kier alpha value is -1.35. The van der Waals surface area contributed by atoms with Gasteiger partial charge in [0.15, 0.2) is 0 Å². The Morgan fingerprint density at radius 2 is 2.26 bits per heavy atom. The lowest BCUT2D eigenvalue weighted by molar-refractivity contribution is -0.135. The van der Waals surface area contributed by atoms with Gasteiger partial charge in [0.2, 0.25) is 5.91 Å². The molecule has 1 heterocycles. The summed E-state index contributed by atoms with van der Waals surface area (Å²) < 4.78 is 0. The summed E-state index contributed by atoms with van der Waals surface area (Å²) in [4.78, 5) is 14.9. The van der Waals surface area contributed by atoms with Gasteiger partial charge < -0.3 is 10.2 Å². The number of nitrogens with zero attached hydrogens (tertiary/aromatic N) is 1. The first-order valence-electron chi connectivity index (χ1n) is 7.40. The van der Waals surface area contributed by atoms with E-state index in [4.69, 9.17) is 0 Å². The number of rotatable bonds is 4. The molecule has 2 aliphatic rings. The van der Waals surface area contributed by atoms with Gasteiger partial charge in [0.05, 0.1) is 5.92 Å². The highest BCUT2D eigenvalue weighted by atomic mass is 16.2. The molecule has 0 radical (unpaired) electrons. The minimum atomic E-state index is 0.114. The zero-order valence-electron chi connectivity index (χ0n) is 11.6. The van der Waals surface area contributed by atoms with E-state index in [1.807, 2.05) is 6.07 Å². The Morgan fingerprint density at radius 3 is 2.95 bits per heavy atom. The Balaban J connectivity index is 1.75. The highest BCUT2D eigenvalue weighted by Gasteiger charge is 2.37. The molecule has 2 atom stereocenters. The van der Waals surface area contributed by atoms with E-state index >= 15 is 0 Å². The maximum Gasteiger partial charge on any atom is 0.230 e. The van der Waals surface area contributed by atoms with Crippen molar-refractivity contribution in [2.24, 2.45) is 0 Å². The first-order chi connectivity index (χ1) is 9.31. The second-order valence-corrected chi connectivity index (χ2v) is 5.63. The molecule has 1 amide bonds. The number of carbonyl (C=O) groups is 1. The molecule has 1 fully saturated rings. The molecule has 1 aliphatic heterocycles. The third kappa shape index (κ3) is 2.27. The van der Waals surface area contributed by atoms with E-state index in [2.05, 4.69) is 35.3 Å². The smallest absolute Gasteiger partial charge is 0.230 e. The van der Waals surface area contributed by atoms with Crippen LogP contribution in [0.25, 0.3) is 0 Å². The van der Waals surface area contributed by atoms with E-state index in [1.54, 1.807) is 0 Å². The lowest BCUT2D eigenvalue weighted by Crippen LogP contribution is -2.46. The summed E-state index contributed by atoms with van der Waals surface area (Å²) >= 11 is 0. The quantitative estimate of drug-likeness (QED) is 0.895. The summed E-state index contributed by atoms with van der Waals surface area (Å²) in [5.41, 5.74) is 2.60. The molecular weight excluding hydrogens is 236 g/mol. The van der Waals surface area contributed by atoms with Crippen molar-refractivity contribution in [1.29, 1.82) is 0 Å². The number of hydrogen-bond donors (Lipinski definition) is 1. The maximum absolute atomic E-state index is 12.8. The van der Waals surface area contributed by atoms with Crippen molar-refractivity contribution in [2.75, 3.05) is 19.6 Å². The van der Waals surface area contributed by atoms with E-state index in [1.165, 1.54) is 11.1 Å². The summed E-state index contributed by atoms with van der Waals surface area (Å²) in [7, 11) is 0. The van der Waals surface area contributed by atoms with Gasteiger partial charge in [-0.1, -0.05) is 31.2 Å². The van der Waals surface area contributed by atoms with Crippen LogP contribution in [-0.2, 0) is 11.2 Å². The first-order valence-corrected chi connectivity index (χ1v) is 7.40. The van der Waals surface area contributed by atoms with E-state index < -0.39 is 0 Å². The van der Waals surface area contributed by atoms with Gasteiger partial charge in [0, 0.05) is 19.1 Å². The minimum Gasteiger partial charge on any atom is -0.338 e. The van der Waals surface area contributed by atoms with Crippen molar-refractivity contribution >= 4 is 5.91 Å². The van der Waals surface area contributed by atoms with Crippen LogP contribution in [0.1, 0.15) is 36.8 Å². The van der Waals surface area contributed by atoms with Gasteiger partial charge in [0.25, 0.3) is 0 Å². The average Bonchev–Trinajstić information content (AvgIpc) is 2.91. The SMILES string of the molecule is CCCN(C(=O)C1Cc2ccccc21)C1CCNC1. The summed E-state index contributed by atoms with van der Waals surface area (Å²) in [6, 6.07) is 8.75. The van der Waals surface area contributed by atoms with Crippen molar-refractivity contribution in [2.45, 2.75) is 38.1 Å². The van der Waals surface area contributed by atoms with Crippen LogP contribution in [0.15, 0.2) is 24.3 Å². The fourth-order valence-electron chi connectivity index (χ4n) is 3.30. The Bertz CT molecular complexity index is 466. The van der Waals surface area contributed by atoms with Gasteiger partial charge in [-0.2, -0.15) is 0 Å². The third-order valence-corrected chi connectivity index (χ3v) is 4.38. The molecule has 1 aromatic carbocycles. The van der Waals surface area contributed by atoms with Gasteiger partial charge in [0.1, 0.15) is 0 Å². The second kappa shape index (κ2) is 5.33. The number of amides is 1. The molecule has 1 aliphatic carbocycles. The predicted octanol–water partition coefficient (Wildman–Crippen LogP) is 1.93. The van der Waals surface area contributed by atoms with Crippen molar-refractivity contribution in [3.8, 4) is 0 Å². The molecule has 0 aromatic heterocycles. The zero-order valence-corrected chi connectivity index (χ0v) is 11.6. The molecule has 3 nitrogen and oxygen atoms in total. The van der Waals surface area contributed by atoms with Crippen LogP contribution in [0.3, 0.4) is 0 Å². The Morgan fingerprint density at radius 1 is 1.42 bits per heavy atom. The normalized spacial score (nSPS) is 24.7. The Labute approximate surface area is 115 Å². The van der Waals surface area contributed by atoms with Crippen LogP contribution in [0, 0.1) is 0 Å². The summed E-state index contributed by atoms with van der Waals surface area (Å²) in [6.45, 7) is 5.04. The molecule has 0 spiro atoms. The van der Waals surface area contributed by atoms with Crippen LogP contribution in [-0.4, -0.2) is 36.5 Å². The van der Waals surface area contributed by atoms with Gasteiger partial charge in [-0.05, 0) is 36.9 Å². The maximum atomic E-state index is 12.8. The monoisotopic (exact) mass is 258 g/mol. The van der Waals surface area contributed by atoms with E-state index in [0.717, 1.165) is 38.9 Å². The van der Waals surface area contributed by atoms with Crippen LogP contribution < -0.4 is 5.32 Å². The fraction of sp³-hybridized carbons (Fsp3) is 0.562.